The van der Waals surface area contributed by atoms with Gasteiger partial charge >= 0.3 is 0 Å². The molecule has 0 bridgehead atoms. The van der Waals surface area contributed by atoms with Crippen LogP contribution in [0, 0.1) is 17.6 Å². The molecule has 0 aromatic heterocycles. The molecule has 0 amide bonds. The maximum Gasteiger partial charge on any atom is 0.134 e. The van der Waals surface area contributed by atoms with Crippen molar-refractivity contribution in [3.63, 3.8) is 0 Å². The summed E-state index contributed by atoms with van der Waals surface area (Å²) >= 11 is 0. The van der Waals surface area contributed by atoms with Crippen LogP contribution in [0.3, 0.4) is 0 Å². The van der Waals surface area contributed by atoms with Crippen molar-refractivity contribution in [2.45, 2.75) is 25.3 Å². The van der Waals surface area contributed by atoms with E-state index in [0.29, 0.717) is 0 Å². The van der Waals surface area contributed by atoms with E-state index in [1.807, 2.05) is 0 Å². The SMILES string of the molecule is COc1cc(F)c(C(N)C2CCC2)c(F)c1. The molecule has 0 heterocycles. The molecule has 2 rings (SSSR count). The Labute approximate surface area is 93.4 Å². The molecule has 0 aliphatic heterocycles. The van der Waals surface area contributed by atoms with Crippen molar-refractivity contribution in [3.8, 4) is 5.75 Å². The molecule has 1 atom stereocenters. The highest BCUT2D eigenvalue weighted by atomic mass is 19.1. The maximum atomic E-state index is 13.7. The highest BCUT2D eigenvalue weighted by Crippen LogP contribution is 2.38. The summed E-state index contributed by atoms with van der Waals surface area (Å²) in [7, 11) is 1.37. The standard InChI is InChI=1S/C12H15F2NO/c1-16-8-5-9(13)11(10(14)6-8)12(15)7-3-2-4-7/h5-7,12H,2-4,15H2,1H3. The fraction of sp³-hybridized carbons (Fsp3) is 0.500. The van der Waals surface area contributed by atoms with Crippen molar-refractivity contribution in [2.24, 2.45) is 11.7 Å². The number of methoxy groups -OCH3 is 1. The van der Waals surface area contributed by atoms with Crippen LogP contribution in [0.1, 0.15) is 30.9 Å². The fourth-order valence-electron chi connectivity index (χ4n) is 2.03. The number of benzene rings is 1. The van der Waals surface area contributed by atoms with Crippen molar-refractivity contribution >= 4 is 0 Å². The molecule has 2 N–H and O–H groups in total. The topological polar surface area (TPSA) is 35.2 Å². The Morgan fingerprint density at radius 3 is 2.25 bits per heavy atom. The van der Waals surface area contributed by atoms with Gasteiger partial charge in [0.05, 0.1) is 7.11 Å². The number of halogens is 2. The summed E-state index contributed by atoms with van der Waals surface area (Å²) in [5.41, 5.74) is 5.86. The minimum absolute atomic E-state index is 0.00880. The lowest BCUT2D eigenvalue weighted by Gasteiger charge is -2.31. The molecule has 16 heavy (non-hydrogen) atoms. The lowest BCUT2D eigenvalue weighted by Crippen LogP contribution is -2.28. The van der Waals surface area contributed by atoms with Gasteiger partial charge in [-0.2, -0.15) is 0 Å². The molecule has 1 aromatic rings. The smallest absolute Gasteiger partial charge is 0.134 e. The van der Waals surface area contributed by atoms with E-state index in [1.165, 1.54) is 19.2 Å². The van der Waals surface area contributed by atoms with Crippen LogP contribution in [0.25, 0.3) is 0 Å². The first-order valence-corrected chi connectivity index (χ1v) is 5.42. The second-order valence-electron chi connectivity index (χ2n) is 4.22. The van der Waals surface area contributed by atoms with Gasteiger partial charge in [-0.15, -0.1) is 0 Å². The van der Waals surface area contributed by atoms with E-state index in [9.17, 15) is 8.78 Å². The van der Waals surface area contributed by atoms with Crippen LogP contribution in [-0.2, 0) is 0 Å². The summed E-state index contributed by atoms with van der Waals surface area (Å²) in [6.45, 7) is 0. The quantitative estimate of drug-likeness (QED) is 0.861. The number of rotatable bonds is 3. The first kappa shape index (κ1) is 11.3. The third-order valence-corrected chi connectivity index (χ3v) is 3.28. The Hall–Kier alpha value is -1.16. The van der Waals surface area contributed by atoms with Crippen LogP contribution in [0.4, 0.5) is 8.78 Å². The summed E-state index contributed by atoms with van der Waals surface area (Å²) in [5.74, 6) is -0.843. The second-order valence-corrected chi connectivity index (χ2v) is 4.22. The van der Waals surface area contributed by atoms with Gasteiger partial charge < -0.3 is 10.5 Å². The zero-order valence-electron chi connectivity index (χ0n) is 9.17. The van der Waals surface area contributed by atoms with Gasteiger partial charge in [-0.05, 0) is 18.8 Å². The lowest BCUT2D eigenvalue weighted by atomic mass is 9.77. The summed E-state index contributed by atoms with van der Waals surface area (Å²) in [4.78, 5) is 0. The molecular weight excluding hydrogens is 212 g/mol. The molecular formula is C12H15F2NO. The zero-order chi connectivity index (χ0) is 11.7. The summed E-state index contributed by atoms with van der Waals surface area (Å²) in [6.07, 6.45) is 3.00. The molecule has 4 heteroatoms. The van der Waals surface area contributed by atoms with Crippen molar-refractivity contribution in [1.82, 2.24) is 0 Å². The van der Waals surface area contributed by atoms with Gasteiger partial charge in [0, 0.05) is 23.7 Å². The fourth-order valence-corrected chi connectivity index (χ4v) is 2.03. The van der Waals surface area contributed by atoms with Crippen LogP contribution in [0.2, 0.25) is 0 Å². The summed E-state index contributed by atoms with van der Waals surface area (Å²) < 4.78 is 32.1. The van der Waals surface area contributed by atoms with E-state index in [4.69, 9.17) is 10.5 Å². The van der Waals surface area contributed by atoms with Gasteiger partial charge in [0.25, 0.3) is 0 Å². The predicted molar refractivity (Wildman–Crippen MR) is 57.2 cm³/mol. The zero-order valence-corrected chi connectivity index (χ0v) is 9.17. The Morgan fingerprint density at radius 1 is 1.31 bits per heavy atom. The van der Waals surface area contributed by atoms with Gasteiger partial charge in [0.2, 0.25) is 0 Å². The van der Waals surface area contributed by atoms with E-state index < -0.39 is 17.7 Å². The lowest BCUT2D eigenvalue weighted by molar-refractivity contribution is 0.255. The van der Waals surface area contributed by atoms with Crippen LogP contribution in [0.15, 0.2) is 12.1 Å². The molecule has 1 aromatic carbocycles. The molecule has 0 saturated heterocycles. The minimum Gasteiger partial charge on any atom is -0.497 e. The third-order valence-electron chi connectivity index (χ3n) is 3.28. The summed E-state index contributed by atoms with van der Waals surface area (Å²) in [5, 5.41) is 0. The average molecular weight is 227 g/mol. The predicted octanol–water partition coefficient (Wildman–Crippen LogP) is 2.77. The maximum absolute atomic E-state index is 13.7. The largest absolute Gasteiger partial charge is 0.497 e. The molecule has 0 radical (unpaired) electrons. The molecule has 88 valence electrons. The first-order chi connectivity index (χ1) is 7.63. The van der Waals surface area contributed by atoms with Gasteiger partial charge in [-0.25, -0.2) is 8.78 Å². The Bertz CT molecular complexity index is 368. The molecule has 0 spiro atoms. The molecule has 1 saturated carbocycles. The number of hydrogen-bond donors (Lipinski definition) is 1. The minimum atomic E-state index is -0.615. The van der Waals surface area contributed by atoms with E-state index >= 15 is 0 Å². The van der Waals surface area contributed by atoms with Crippen molar-refractivity contribution in [1.29, 1.82) is 0 Å². The van der Waals surface area contributed by atoms with Gasteiger partial charge in [0.1, 0.15) is 17.4 Å². The van der Waals surface area contributed by atoms with Gasteiger partial charge in [0.15, 0.2) is 0 Å². The summed E-state index contributed by atoms with van der Waals surface area (Å²) in [6, 6.07) is 1.81. The van der Waals surface area contributed by atoms with E-state index in [0.717, 1.165) is 19.3 Å². The second kappa shape index (κ2) is 4.37. The molecule has 1 aliphatic carbocycles. The Balaban J connectivity index is 2.32. The average Bonchev–Trinajstić information content (AvgIpc) is 2.13. The van der Waals surface area contributed by atoms with Crippen molar-refractivity contribution < 1.29 is 13.5 Å². The van der Waals surface area contributed by atoms with E-state index in [2.05, 4.69) is 0 Å². The van der Waals surface area contributed by atoms with Crippen LogP contribution in [0.5, 0.6) is 5.75 Å². The van der Waals surface area contributed by atoms with Crippen LogP contribution >= 0.6 is 0 Å². The van der Waals surface area contributed by atoms with Gasteiger partial charge in [-0.3, -0.25) is 0 Å². The van der Waals surface area contributed by atoms with Crippen molar-refractivity contribution in [2.75, 3.05) is 7.11 Å². The molecule has 1 unspecified atom stereocenters. The van der Waals surface area contributed by atoms with Crippen molar-refractivity contribution in [3.05, 3.63) is 29.3 Å². The monoisotopic (exact) mass is 227 g/mol. The molecule has 1 fully saturated rings. The van der Waals surface area contributed by atoms with Gasteiger partial charge in [-0.1, -0.05) is 6.42 Å². The van der Waals surface area contributed by atoms with Crippen LogP contribution < -0.4 is 10.5 Å². The van der Waals surface area contributed by atoms with Crippen LogP contribution in [-0.4, -0.2) is 7.11 Å². The van der Waals surface area contributed by atoms with E-state index in [-0.39, 0.29) is 17.2 Å². The molecule has 1 aliphatic rings. The Kier molecular flexibility index (Phi) is 3.10. The number of ether oxygens (including phenoxy) is 1. The highest BCUT2D eigenvalue weighted by molar-refractivity contribution is 5.32. The first-order valence-electron chi connectivity index (χ1n) is 5.42. The number of nitrogens with two attached hydrogens (primary N) is 1. The molecule has 2 nitrogen and oxygen atoms in total. The normalized spacial score (nSPS) is 18.0. The third kappa shape index (κ3) is 1.89. The highest BCUT2D eigenvalue weighted by Gasteiger charge is 2.29. The Morgan fingerprint density at radius 2 is 1.88 bits per heavy atom. The van der Waals surface area contributed by atoms with E-state index in [1.54, 1.807) is 0 Å². The number of hydrogen-bond acceptors (Lipinski definition) is 2.